The van der Waals surface area contributed by atoms with Crippen molar-refractivity contribution < 1.29 is 22.6 Å². The van der Waals surface area contributed by atoms with Gasteiger partial charge in [-0.15, -0.1) is 24.0 Å². The molecule has 9 heteroatoms. The van der Waals surface area contributed by atoms with Crippen molar-refractivity contribution in [2.75, 3.05) is 33.9 Å². The fourth-order valence-corrected chi connectivity index (χ4v) is 2.35. The quantitative estimate of drug-likeness (QED) is 0.247. The minimum absolute atomic E-state index is 0. The van der Waals surface area contributed by atoms with Gasteiger partial charge in [0.15, 0.2) is 17.5 Å². The third-order valence-electron chi connectivity index (χ3n) is 3.75. The lowest BCUT2D eigenvalue weighted by atomic mass is 10.1. The monoisotopic (exact) mass is 509 g/mol. The van der Waals surface area contributed by atoms with Crippen molar-refractivity contribution in [1.82, 2.24) is 10.6 Å². The smallest absolute Gasteiger partial charge is 0.191 e. The number of ether oxygens (including phenoxy) is 2. The number of halogens is 4. The first-order valence-electron chi connectivity index (χ1n) is 8.34. The molecule has 0 aliphatic heterocycles. The average molecular weight is 509 g/mol. The third-order valence-corrected chi connectivity index (χ3v) is 3.75. The summed E-state index contributed by atoms with van der Waals surface area (Å²) < 4.78 is 50.0. The number of guanidine groups is 1. The zero-order chi connectivity index (χ0) is 19.6. The van der Waals surface area contributed by atoms with Crippen LogP contribution in [0.3, 0.4) is 0 Å². The predicted molar refractivity (Wildman–Crippen MR) is 113 cm³/mol. The topological polar surface area (TPSA) is 54.9 Å². The van der Waals surface area contributed by atoms with Crippen molar-refractivity contribution in [3.05, 3.63) is 65.5 Å². The second-order valence-electron chi connectivity index (χ2n) is 5.58. The van der Waals surface area contributed by atoms with Gasteiger partial charge in [0.1, 0.15) is 18.2 Å². The molecule has 1 atom stereocenters. The van der Waals surface area contributed by atoms with Gasteiger partial charge in [-0.2, -0.15) is 0 Å². The van der Waals surface area contributed by atoms with Crippen molar-refractivity contribution >= 4 is 29.9 Å². The lowest BCUT2D eigenvalue weighted by molar-refractivity contribution is 0.106. The largest absolute Gasteiger partial charge is 0.489 e. The molecule has 5 nitrogen and oxygen atoms in total. The summed E-state index contributed by atoms with van der Waals surface area (Å²) in [5, 5.41) is 6.10. The zero-order valence-corrected chi connectivity index (χ0v) is 17.9. The lowest BCUT2D eigenvalue weighted by Gasteiger charge is -2.19. The molecule has 0 saturated carbocycles. The van der Waals surface area contributed by atoms with Gasteiger partial charge in [0, 0.05) is 26.8 Å². The first kappa shape index (κ1) is 24.0. The van der Waals surface area contributed by atoms with E-state index in [4.69, 9.17) is 9.47 Å². The molecule has 0 aliphatic carbocycles. The molecule has 1 unspecified atom stereocenters. The Bertz CT molecular complexity index is 761. The van der Waals surface area contributed by atoms with Crippen LogP contribution in [0.25, 0.3) is 0 Å². The Morgan fingerprint density at radius 3 is 2.32 bits per heavy atom. The number of methoxy groups -OCH3 is 1. The molecule has 2 N–H and O–H groups in total. The molecule has 2 aromatic carbocycles. The van der Waals surface area contributed by atoms with Crippen LogP contribution >= 0.6 is 24.0 Å². The number of hydrogen-bond acceptors (Lipinski definition) is 3. The van der Waals surface area contributed by atoms with Crippen molar-refractivity contribution in [1.29, 1.82) is 0 Å². The molecule has 0 radical (unpaired) electrons. The molecule has 0 heterocycles. The number of nitrogens with one attached hydrogen (secondary N) is 2. The van der Waals surface area contributed by atoms with E-state index in [1.54, 1.807) is 26.3 Å². The van der Waals surface area contributed by atoms with Gasteiger partial charge in [0.25, 0.3) is 0 Å². The summed E-state index contributed by atoms with van der Waals surface area (Å²) in [7, 11) is 3.17. The average Bonchev–Trinajstić information content (AvgIpc) is 2.66. The lowest BCUT2D eigenvalue weighted by Crippen LogP contribution is -2.41. The van der Waals surface area contributed by atoms with Crippen LogP contribution in [-0.2, 0) is 4.74 Å². The second-order valence-corrected chi connectivity index (χ2v) is 5.58. The van der Waals surface area contributed by atoms with E-state index in [-0.39, 0.29) is 48.3 Å². The maximum Gasteiger partial charge on any atom is 0.191 e. The highest BCUT2D eigenvalue weighted by Crippen LogP contribution is 2.17. The Morgan fingerprint density at radius 1 is 1.04 bits per heavy atom. The second kappa shape index (κ2) is 12.4. The van der Waals surface area contributed by atoms with Crippen molar-refractivity contribution in [2.24, 2.45) is 4.99 Å². The number of nitrogens with zero attached hydrogens (tertiary/aromatic N) is 1. The summed E-state index contributed by atoms with van der Waals surface area (Å²) in [6.07, 6.45) is -0.284. The molecule has 0 spiro atoms. The van der Waals surface area contributed by atoms with Gasteiger partial charge >= 0.3 is 0 Å². The molecule has 2 aromatic rings. The molecule has 2 rings (SSSR count). The molecule has 0 aromatic heterocycles. The molecule has 0 fully saturated rings. The molecule has 0 aliphatic rings. The van der Waals surface area contributed by atoms with Gasteiger partial charge < -0.3 is 20.1 Å². The van der Waals surface area contributed by atoms with Crippen LogP contribution in [0.1, 0.15) is 11.7 Å². The Hall–Kier alpha value is -2.01. The van der Waals surface area contributed by atoms with Crippen LogP contribution in [0.4, 0.5) is 13.2 Å². The molecular weight excluding hydrogens is 486 g/mol. The number of aliphatic imine (C=N–C) groups is 1. The zero-order valence-electron chi connectivity index (χ0n) is 15.5. The number of rotatable bonds is 8. The fourth-order valence-electron chi connectivity index (χ4n) is 2.35. The minimum atomic E-state index is -0.750. The highest BCUT2D eigenvalue weighted by atomic mass is 127. The maximum atomic E-state index is 13.5. The summed E-state index contributed by atoms with van der Waals surface area (Å²) in [6.45, 7) is 0.925. The van der Waals surface area contributed by atoms with Crippen LogP contribution in [0.15, 0.2) is 47.5 Å². The standard InChI is InChI=1S/C19H22F3N3O2.HI/c1-23-19(24-9-10-27-17-8-7-15(21)11-16(17)22)25-12-18(26-2)13-3-5-14(20)6-4-13;/h3-8,11,18H,9-10,12H2,1-2H3,(H2,23,24,25);1H. The Labute approximate surface area is 179 Å². The summed E-state index contributed by atoms with van der Waals surface area (Å²) in [6, 6.07) is 9.21. The summed E-state index contributed by atoms with van der Waals surface area (Å²) in [4.78, 5) is 4.08. The molecule has 0 bridgehead atoms. The van der Waals surface area contributed by atoms with Gasteiger partial charge in [-0.3, -0.25) is 4.99 Å². The van der Waals surface area contributed by atoms with Gasteiger partial charge in [-0.1, -0.05) is 12.1 Å². The first-order valence-corrected chi connectivity index (χ1v) is 8.34. The van der Waals surface area contributed by atoms with Gasteiger partial charge in [-0.25, -0.2) is 13.2 Å². The molecule has 0 amide bonds. The third kappa shape index (κ3) is 7.55. The van der Waals surface area contributed by atoms with E-state index in [1.165, 1.54) is 18.2 Å². The van der Waals surface area contributed by atoms with Gasteiger partial charge in [0.05, 0.1) is 12.6 Å². The van der Waals surface area contributed by atoms with E-state index in [2.05, 4.69) is 15.6 Å². The Kier molecular flexibility index (Phi) is 10.7. The van der Waals surface area contributed by atoms with Gasteiger partial charge in [0.2, 0.25) is 0 Å². The van der Waals surface area contributed by atoms with E-state index in [0.717, 1.165) is 17.7 Å². The SMILES string of the molecule is CN=C(NCCOc1ccc(F)cc1F)NCC(OC)c1ccc(F)cc1.I. The summed E-state index contributed by atoms with van der Waals surface area (Å²) >= 11 is 0. The minimum Gasteiger partial charge on any atom is -0.489 e. The summed E-state index contributed by atoms with van der Waals surface area (Å²) in [5.74, 6) is -1.23. The summed E-state index contributed by atoms with van der Waals surface area (Å²) in [5.41, 5.74) is 0.831. The van der Waals surface area contributed by atoms with E-state index in [0.29, 0.717) is 19.0 Å². The Morgan fingerprint density at radius 2 is 1.71 bits per heavy atom. The molecular formula is C19H23F3IN3O2. The van der Waals surface area contributed by atoms with Crippen LogP contribution < -0.4 is 15.4 Å². The predicted octanol–water partition coefficient (Wildman–Crippen LogP) is 3.65. The van der Waals surface area contributed by atoms with Crippen LogP contribution in [0, 0.1) is 17.5 Å². The van der Waals surface area contributed by atoms with Crippen molar-refractivity contribution in [3.8, 4) is 5.75 Å². The maximum absolute atomic E-state index is 13.5. The number of hydrogen-bond donors (Lipinski definition) is 2. The van der Waals surface area contributed by atoms with Crippen LogP contribution in [0.5, 0.6) is 5.75 Å². The van der Waals surface area contributed by atoms with E-state index in [9.17, 15) is 13.2 Å². The fraction of sp³-hybridized carbons (Fsp3) is 0.316. The van der Waals surface area contributed by atoms with E-state index in [1.807, 2.05) is 0 Å². The molecule has 28 heavy (non-hydrogen) atoms. The van der Waals surface area contributed by atoms with Crippen molar-refractivity contribution in [3.63, 3.8) is 0 Å². The first-order chi connectivity index (χ1) is 13.0. The normalized spacial score (nSPS) is 12.1. The van der Waals surface area contributed by atoms with Crippen LogP contribution in [0.2, 0.25) is 0 Å². The Balaban J connectivity index is 0.00000392. The highest BCUT2D eigenvalue weighted by molar-refractivity contribution is 14.0. The van der Waals surface area contributed by atoms with E-state index < -0.39 is 11.6 Å². The molecule has 154 valence electrons. The van der Waals surface area contributed by atoms with Crippen LogP contribution in [-0.4, -0.2) is 39.8 Å². The molecule has 0 saturated heterocycles. The van der Waals surface area contributed by atoms with Gasteiger partial charge in [-0.05, 0) is 29.8 Å². The number of benzene rings is 2. The highest BCUT2D eigenvalue weighted by Gasteiger charge is 2.11. The van der Waals surface area contributed by atoms with E-state index >= 15 is 0 Å². The van der Waals surface area contributed by atoms with Crippen molar-refractivity contribution in [2.45, 2.75) is 6.10 Å².